The van der Waals surface area contributed by atoms with Gasteiger partial charge in [0.05, 0.1) is 5.52 Å². The molecule has 100 valence electrons. The lowest BCUT2D eigenvalue weighted by Gasteiger charge is -2.09. The number of Topliss-reactive ketones (excluding diaryl/α,β-unsaturated/α-hetero) is 1. The van der Waals surface area contributed by atoms with Crippen molar-refractivity contribution >= 4 is 16.7 Å². The van der Waals surface area contributed by atoms with Gasteiger partial charge in [-0.25, -0.2) is 0 Å². The van der Waals surface area contributed by atoms with E-state index in [1.807, 2.05) is 59.2 Å². The molecule has 0 unspecified atom stereocenters. The van der Waals surface area contributed by atoms with Gasteiger partial charge in [-0.15, -0.1) is 0 Å². The smallest absolute Gasteiger partial charge is 0.180 e. The summed E-state index contributed by atoms with van der Waals surface area (Å²) in [5.41, 5.74) is 2.34. The van der Waals surface area contributed by atoms with Crippen LogP contribution in [-0.4, -0.2) is 15.5 Å². The second kappa shape index (κ2) is 4.85. The number of hydrogen-bond donors (Lipinski definition) is 1. The zero-order valence-electron chi connectivity index (χ0n) is 11.2. The first-order chi connectivity index (χ1) is 9.68. The van der Waals surface area contributed by atoms with Crippen molar-refractivity contribution in [2.24, 2.45) is 0 Å². The van der Waals surface area contributed by atoms with Gasteiger partial charge in [-0.1, -0.05) is 42.5 Å². The molecule has 3 heteroatoms. The Hall–Kier alpha value is -2.55. The largest absolute Gasteiger partial charge is 0.505 e. The van der Waals surface area contributed by atoms with E-state index in [-0.39, 0.29) is 11.5 Å². The number of ketones is 1. The minimum absolute atomic E-state index is 0.0732. The van der Waals surface area contributed by atoms with Gasteiger partial charge >= 0.3 is 0 Å². The fraction of sp³-hybridized carbons (Fsp3) is 0.118. The molecule has 2 aromatic carbocycles. The highest BCUT2D eigenvalue weighted by Gasteiger charge is 2.19. The topological polar surface area (TPSA) is 42.2 Å². The zero-order chi connectivity index (χ0) is 14.1. The van der Waals surface area contributed by atoms with Crippen LogP contribution < -0.4 is 0 Å². The first-order valence-electron chi connectivity index (χ1n) is 6.53. The maximum atomic E-state index is 11.9. The lowest BCUT2D eigenvalue weighted by Crippen LogP contribution is -2.07. The molecule has 0 amide bonds. The third-order valence-corrected chi connectivity index (χ3v) is 3.46. The number of aromatic nitrogens is 1. The fourth-order valence-corrected chi connectivity index (χ4v) is 2.57. The monoisotopic (exact) mass is 265 g/mol. The van der Waals surface area contributed by atoms with Crippen LogP contribution in [0.1, 0.15) is 23.0 Å². The van der Waals surface area contributed by atoms with Crippen molar-refractivity contribution in [1.82, 2.24) is 4.57 Å². The highest BCUT2D eigenvalue weighted by atomic mass is 16.3. The second-order valence-electron chi connectivity index (χ2n) is 4.84. The van der Waals surface area contributed by atoms with Gasteiger partial charge in [0.15, 0.2) is 11.5 Å². The number of nitrogens with zero attached hydrogens (tertiary/aromatic N) is 1. The number of rotatable bonds is 3. The van der Waals surface area contributed by atoms with E-state index in [0.29, 0.717) is 17.6 Å². The minimum Gasteiger partial charge on any atom is -0.505 e. The van der Waals surface area contributed by atoms with E-state index in [4.69, 9.17) is 0 Å². The van der Waals surface area contributed by atoms with Gasteiger partial charge in [-0.2, -0.15) is 0 Å². The van der Waals surface area contributed by atoms with Crippen LogP contribution in [0.15, 0.2) is 54.6 Å². The Balaban J connectivity index is 2.22. The van der Waals surface area contributed by atoms with Crippen molar-refractivity contribution in [2.75, 3.05) is 0 Å². The lowest BCUT2D eigenvalue weighted by atomic mass is 10.2. The summed E-state index contributed by atoms with van der Waals surface area (Å²) in [6.07, 6.45) is 0. The highest BCUT2D eigenvalue weighted by Crippen LogP contribution is 2.32. The quantitative estimate of drug-likeness (QED) is 0.735. The van der Waals surface area contributed by atoms with Crippen molar-refractivity contribution in [3.63, 3.8) is 0 Å². The zero-order valence-corrected chi connectivity index (χ0v) is 11.2. The van der Waals surface area contributed by atoms with Gasteiger partial charge in [0.25, 0.3) is 0 Å². The van der Waals surface area contributed by atoms with Crippen LogP contribution in [0, 0.1) is 0 Å². The van der Waals surface area contributed by atoms with Crippen LogP contribution in [0.3, 0.4) is 0 Å². The summed E-state index contributed by atoms with van der Waals surface area (Å²) in [5.74, 6) is -0.0568. The van der Waals surface area contributed by atoms with Crippen LogP contribution in [-0.2, 0) is 6.54 Å². The van der Waals surface area contributed by atoms with E-state index in [2.05, 4.69) is 0 Å². The van der Waals surface area contributed by atoms with E-state index in [0.717, 1.165) is 11.1 Å². The summed E-state index contributed by atoms with van der Waals surface area (Å²) in [7, 11) is 0. The molecule has 20 heavy (non-hydrogen) atoms. The SMILES string of the molecule is CC(=O)c1c(O)c2ccccc2n1Cc1ccccc1. The molecular weight excluding hydrogens is 250 g/mol. The van der Waals surface area contributed by atoms with E-state index in [1.165, 1.54) is 6.92 Å². The van der Waals surface area contributed by atoms with Crippen LogP contribution in [0.25, 0.3) is 10.9 Å². The summed E-state index contributed by atoms with van der Waals surface area (Å²) in [6, 6.07) is 17.4. The first-order valence-corrected chi connectivity index (χ1v) is 6.53. The third-order valence-electron chi connectivity index (χ3n) is 3.46. The molecule has 0 saturated heterocycles. The molecule has 0 fully saturated rings. The number of benzene rings is 2. The number of fused-ring (bicyclic) bond motifs is 1. The van der Waals surface area contributed by atoms with Gasteiger partial charge in [0, 0.05) is 18.9 Å². The number of carbonyl (C=O) groups excluding carboxylic acids is 1. The van der Waals surface area contributed by atoms with Crippen molar-refractivity contribution in [3.05, 3.63) is 65.9 Å². The van der Waals surface area contributed by atoms with Gasteiger partial charge < -0.3 is 9.67 Å². The minimum atomic E-state index is -0.130. The maximum absolute atomic E-state index is 11.9. The maximum Gasteiger partial charge on any atom is 0.180 e. The molecule has 1 heterocycles. The third kappa shape index (κ3) is 1.97. The van der Waals surface area contributed by atoms with Gasteiger partial charge in [0.2, 0.25) is 0 Å². The number of para-hydroxylation sites is 1. The average Bonchev–Trinajstić information content (AvgIpc) is 2.74. The van der Waals surface area contributed by atoms with Crippen molar-refractivity contribution in [2.45, 2.75) is 13.5 Å². The summed E-state index contributed by atoms with van der Waals surface area (Å²) < 4.78 is 1.88. The number of carbonyl (C=O) groups is 1. The number of aromatic hydroxyl groups is 1. The standard InChI is InChI=1S/C17H15NO2/c1-12(19)16-17(20)14-9-5-6-10-15(14)18(16)11-13-7-3-2-4-8-13/h2-10,20H,11H2,1H3. The molecule has 0 aliphatic carbocycles. The van der Waals surface area contributed by atoms with Crippen LogP contribution >= 0.6 is 0 Å². The average molecular weight is 265 g/mol. The molecule has 0 aliphatic rings. The molecule has 1 aromatic heterocycles. The Morgan fingerprint density at radius 2 is 1.70 bits per heavy atom. The predicted molar refractivity (Wildman–Crippen MR) is 79.2 cm³/mol. The van der Waals surface area contributed by atoms with Crippen molar-refractivity contribution in [1.29, 1.82) is 0 Å². The molecular formula is C17H15NO2. The van der Waals surface area contributed by atoms with Gasteiger partial charge in [-0.05, 0) is 17.7 Å². The molecule has 3 aromatic rings. The lowest BCUT2D eigenvalue weighted by molar-refractivity contribution is 0.100. The summed E-state index contributed by atoms with van der Waals surface area (Å²) in [6.45, 7) is 2.05. The van der Waals surface area contributed by atoms with Crippen LogP contribution in [0.5, 0.6) is 5.75 Å². The summed E-state index contributed by atoms with van der Waals surface area (Å²) >= 11 is 0. The Morgan fingerprint density at radius 3 is 2.40 bits per heavy atom. The number of hydrogen-bond acceptors (Lipinski definition) is 2. The Kier molecular flexibility index (Phi) is 3.03. The Morgan fingerprint density at radius 1 is 1.05 bits per heavy atom. The second-order valence-corrected chi connectivity index (χ2v) is 4.84. The van der Waals surface area contributed by atoms with Crippen LogP contribution in [0.4, 0.5) is 0 Å². The van der Waals surface area contributed by atoms with E-state index >= 15 is 0 Å². The van der Waals surface area contributed by atoms with Gasteiger partial charge in [0.1, 0.15) is 5.69 Å². The van der Waals surface area contributed by atoms with Gasteiger partial charge in [-0.3, -0.25) is 4.79 Å². The summed E-state index contributed by atoms with van der Waals surface area (Å²) in [4.78, 5) is 11.9. The molecule has 0 radical (unpaired) electrons. The highest BCUT2D eigenvalue weighted by molar-refractivity contribution is 6.03. The molecule has 0 spiro atoms. The molecule has 0 aliphatic heterocycles. The van der Waals surface area contributed by atoms with Crippen LogP contribution in [0.2, 0.25) is 0 Å². The molecule has 3 rings (SSSR count). The summed E-state index contributed by atoms with van der Waals surface area (Å²) in [5, 5.41) is 11.0. The van der Waals surface area contributed by atoms with Crippen molar-refractivity contribution in [3.8, 4) is 5.75 Å². The first kappa shape index (κ1) is 12.5. The molecule has 1 N–H and O–H groups in total. The Bertz CT molecular complexity index is 772. The molecule has 0 saturated carbocycles. The molecule has 3 nitrogen and oxygen atoms in total. The molecule has 0 atom stereocenters. The molecule has 0 bridgehead atoms. The predicted octanol–water partition coefficient (Wildman–Crippen LogP) is 3.60. The van der Waals surface area contributed by atoms with E-state index in [1.54, 1.807) is 0 Å². The van der Waals surface area contributed by atoms with E-state index < -0.39 is 0 Å². The fourth-order valence-electron chi connectivity index (χ4n) is 2.57. The van der Waals surface area contributed by atoms with E-state index in [9.17, 15) is 9.90 Å². The van der Waals surface area contributed by atoms with Crippen molar-refractivity contribution < 1.29 is 9.90 Å². The Labute approximate surface area is 117 Å². The normalized spacial score (nSPS) is 10.8.